The summed E-state index contributed by atoms with van der Waals surface area (Å²) in [6.45, 7) is 2.18. The van der Waals surface area contributed by atoms with Crippen LogP contribution in [0.1, 0.15) is 28.3 Å². The number of benzene rings is 1. The number of hydrazine groups is 1. The Morgan fingerprint density at radius 2 is 2.17 bits per heavy atom. The molecule has 2 aromatic rings. The van der Waals surface area contributed by atoms with Gasteiger partial charge in [-0.15, -0.1) is 11.3 Å². The lowest BCUT2D eigenvalue weighted by Crippen LogP contribution is -2.28. The zero-order valence-electron chi connectivity index (χ0n) is 10.3. The van der Waals surface area contributed by atoms with Crippen molar-refractivity contribution in [2.24, 2.45) is 5.84 Å². The predicted molar refractivity (Wildman–Crippen MR) is 81.6 cm³/mol. The SMILES string of the molecule is CCc1ccc(C(Cc2cccc(Br)c2)NN)s1. The molecule has 0 aliphatic rings. The second-order valence-electron chi connectivity index (χ2n) is 4.21. The lowest BCUT2D eigenvalue weighted by molar-refractivity contribution is 0.560. The van der Waals surface area contributed by atoms with Gasteiger partial charge >= 0.3 is 0 Å². The molecule has 1 atom stereocenters. The van der Waals surface area contributed by atoms with Crippen LogP contribution in [0.25, 0.3) is 0 Å². The highest BCUT2D eigenvalue weighted by atomic mass is 79.9. The first-order valence-corrected chi connectivity index (χ1v) is 7.63. The molecule has 0 fully saturated rings. The van der Waals surface area contributed by atoms with Gasteiger partial charge in [-0.05, 0) is 42.7 Å². The van der Waals surface area contributed by atoms with Gasteiger partial charge in [0.15, 0.2) is 0 Å². The van der Waals surface area contributed by atoms with Crippen LogP contribution < -0.4 is 11.3 Å². The molecular formula is C14H17BrN2S. The Morgan fingerprint density at radius 3 is 2.78 bits per heavy atom. The first-order chi connectivity index (χ1) is 8.72. The average molecular weight is 325 g/mol. The van der Waals surface area contributed by atoms with E-state index in [1.54, 1.807) is 0 Å². The molecule has 1 heterocycles. The number of hydrogen-bond acceptors (Lipinski definition) is 3. The second-order valence-corrected chi connectivity index (χ2v) is 6.33. The first-order valence-electron chi connectivity index (χ1n) is 6.02. The minimum absolute atomic E-state index is 0.185. The van der Waals surface area contributed by atoms with Gasteiger partial charge < -0.3 is 0 Å². The second kappa shape index (κ2) is 6.48. The van der Waals surface area contributed by atoms with Crippen LogP contribution in [0.2, 0.25) is 0 Å². The molecule has 3 N–H and O–H groups in total. The van der Waals surface area contributed by atoms with E-state index in [4.69, 9.17) is 5.84 Å². The average Bonchev–Trinajstić information content (AvgIpc) is 2.84. The van der Waals surface area contributed by atoms with Crippen molar-refractivity contribution >= 4 is 27.3 Å². The summed E-state index contributed by atoms with van der Waals surface area (Å²) in [7, 11) is 0. The molecule has 0 saturated carbocycles. The summed E-state index contributed by atoms with van der Waals surface area (Å²) in [5, 5.41) is 0. The van der Waals surface area contributed by atoms with Gasteiger partial charge in [-0.2, -0.15) is 0 Å². The van der Waals surface area contributed by atoms with Crippen LogP contribution in [0, 0.1) is 0 Å². The lowest BCUT2D eigenvalue weighted by atomic mass is 10.1. The van der Waals surface area contributed by atoms with Gasteiger partial charge in [0.25, 0.3) is 0 Å². The fourth-order valence-corrected chi connectivity index (χ4v) is 3.37. The number of halogens is 1. The highest BCUT2D eigenvalue weighted by Crippen LogP contribution is 2.26. The fraction of sp³-hybridized carbons (Fsp3) is 0.286. The minimum Gasteiger partial charge on any atom is -0.271 e. The van der Waals surface area contributed by atoms with Crippen LogP contribution in [0.4, 0.5) is 0 Å². The number of nitrogens with one attached hydrogen (secondary N) is 1. The maximum absolute atomic E-state index is 5.69. The van der Waals surface area contributed by atoms with Gasteiger partial charge in [-0.25, -0.2) is 0 Å². The Labute approximate surface area is 120 Å². The van der Waals surface area contributed by atoms with Crippen molar-refractivity contribution in [2.75, 3.05) is 0 Å². The standard InChI is InChI=1S/C14H17BrN2S/c1-2-12-6-7-14(18-12)13(17-16)9-10-4-3-5-11(15)8-10/h3-8,13,17H,2,9,16H2,1H3. The molecule has 2 rings (SSSR count). The van der Waals surface area contributed by atoms with E-state index in [1.165, 1.54) is 15.3 Å². The Bertz CT molecular complexity index is 510. The molecule has 1 aromatic heterocycles. The summed E-state index contributed by atoms with van der Waals surface area (Å²) in [6.07, 6.45) is 1.98. The Morgan fingerprint density at radius 1 is 1.33 bits per heavy atom. The third-order valence-corrected chi connectivity index (χ3v) is 4.74. The number of aryl methyl sites for hydroxylation is 1. The van der Waals surface area contributed by atoms with E-state index in [0.29, 0.717) is 0 Å². The van der Waals surface area contributed by atoms with Crippen LogP contribution in [0.15, 0.2) is 40.9 Å². The van der Waals surface area contributed by atoms with Crippen molar-refractivity contribution in [1.29, 1.82) is 0 Å². The molecule has 0 radical (unpaired) electrons. The summed E-state index contributed by atoms with van der Waals surface area (Å²) in [5.41, 5.74) is 4.20. The van der Waals surface area contributed by atoms with Crippen molar-refractivity contribution in [3.63, 3.8) is 0 Å². The summed E-state index contributed by atoms with van der Waals surface area (Å²) in [4.78, 5) is 2.70. The molecule has 2 nitrogen and oxygen atoms in total. The van der Waals surface area contributed by atoms with Gasteiger partial charge in [0, 0.05) is 14.2 Å². The first kappa shape index (κ1) is 13.7. The number of thiophene rings is 1. The van der Waals surface area contributed by atoms with Gasteiger partial charge in [0.05, 0.1) is 6.04 Å². The quantitative estimate of drug-likeness (QED) is 0.648. The van der Waals surface area contributed by atoms with Crippen LogP contribution in [-0.2, 0) is 12.8 Å². The molecule has 0 bridgehead atoms. The van der Waals surface area contributed by atoms with Crippen molar-refractivity contribution in [3.8, 4) is 0 Å². The van der Waals surface area contributed by atoms with Crippen molar-refractivity contribution in [3.05, 3.63) is 56.2 Å². The largest absolute Gasteiger partial charge is 0.271 e. The Balaban J connectivity index is 2.14. The summed E-state index contributed by atoms with van der Waals surface area (Å²) < 4.78 is 1.11. The van der Waals surface area contributed by atoms with Gasteiger partial charge in [0.1, 0.15) is 0 Å². The van der Waals surface area contributed by atoms with Crippen molar-refractivity contribution in [2.45, 2.75) is 25.8 Å². The molecule has 4 heteroatoms. The molecule has 0 saturated heterocycles. The van der Waals surface area contributed by atoms with E-state index < -0.39 is 0 Å². The zero-order valence-corrected chi connectivity index (χ0v) is 12.7. The topological polar surface area (TPSA) is 38.0 Å². The van der Waals surface area contributed by atoms with Crippen molar-refractivity contribution < 1.29 is 0 Å². The molecule has 0 aliphatic heterocycles. The van der Waals surface area contributed by atoms with Gasteiger partial charge in [-0.3, -0.25) is 11.3 Å². The monoisotopic (exact) mass is 324 g/mol. The van der Waals surface area contributed by atoms with Crippen LogP contribution >= 0.6 is 27.3 Å². The van der Waals surface area contributed by atoms with Gasteiger partial charge in [0.2, 0.25) is 0 Å². The molecule has 96 valence electrons. The molecule has 0 aliphatic carbocycles. The Hall–Kier alpha value is -0.680. The summed E-state index contributed by atoms with van der Waals surface area (Å²) >= 11 is 5.33. The van der Waals surface area contributed by atoms with Crippen molar-refractivity contribution in [1.82, 2.24) is 5.43 Å². The number of nitrogens with two attached hydrogens (primary N) is 1. The molecule has 1 unspecified atom stereocenters. The Kier molecular flexibility index (Phi) is 4.95. The van der Waals surface area contributed by atoms with Gasteiger partial charge in [-0.1, -0.05) is 35.0 Å². The normalized spacial score (nSPS) is 12.6. The third kappa shape index (κ3) is 3.42. The smallest absolute Gasteiger partial charge is 0.0593 e. The third-order valence-electron chi connectivity index (χ3n) is 2.90. The van der Waals surface area contributed by atoms with E-state index in [9.17, 15) is 0 Å². The summed E-state index contributed by atoms with van der Waals surface area (Å²) in [5.74, 6) is 5.69. The molecule has 0 spiro atoms. The highest BCUT2D eigenvalue weighted by Gasteiger charge is 2.13. The minimum atomic E-state index is 0.185. The number of hydrogen-bond donors (Lipinski definition) is 2. The maximum Gasteiger partial charge on any atom is 0.0593 e. The molecule has 1 aromatic carbocycles. The maximum atomic E-state index is 5.69. The van der Waals surface area contributed by atoms with E-state index in [2.05, 4.69) is 58.6 Å². The summed E-state index contributed by atoms with van der Waals surface area (Å²) in [6, 6.07) is 12.9. The van der Waals surface area contributed by atoms with Crippen LogP contribution in [0.3, 0.4) is 0 Å². The molecule has 0 amide bonds. The fourth-order valence-electron chi connectivity index (χ4n) is 1.91. The van der Waals surface area contributed by atoms with Crippen LogP contribution in [0.5, 0.6) is 0 Å². The zero-order chi connectivity index (χ0) is 13.0. The van der Waals surface area contributed by atoms with E-state index in [1.807, 2.05) is 17.4 Å². The van der Waals surface area contributed by atoms with E-state index in [-0.39, 0.29) is 6.04 Å². The number of rotatable bonds is 5. The highest BCUT2D eigenvalue weighted by molar-refractivity contribution is 9.10. The van der Waals surface area contributed by atoms with E-state index in [0.717, 1.165) is 17.3 Å². The molecule has 18 heavy (non-hydrogen) atoms. The lowest BCUT2D eigenvalue weighted by Gasteiger charge is -2.14. The van der Waals surface area contributed by atoms with Crippen LogP contribution in [-0.4, -0.2) is 0 Å². The molecular weight excluding hydrogens is 308 g/mol. The van der Waals surface area contributed by atoms with E-state index >= 15 is 0 Å². The predicted octanol–water partition coefficient (Wildman–Crippen LogP) is 3.82.